The summed E-state index contributed by atoms with van der Waals surface area (Å²) < 4.78 is 24.3. The number of rotatable bonds is 4. The minimum atomic E-state index is -3.41. The standard InChI is InChI=1S/C15H19N3O3S2/c1-9-7-6-8-10(2)12(9)17-14(19)13-11(3)16-15(22-13)18(4)23(5,20)21/h6-8H,1-5H3,(H,17,19). The van der Waals surface area contributed by atoms with Crippen molar-refractivity contribution in [2.45, 2.75) is 20.8 Å². The Kier molecular flexibility index (Phi) is 4.76. The molecule has 2 aromatic rings. The molecule has 1 N–H and O–H groups in total. The molecule has 1 aromatic carbocycles. The van der Waals surface area contributed by atoms with Crippen LogP contribution in [-0.4, -0.2) is 32.6 Å². The van der Waals surface area contributed by atoms with Crippen molar-refractivity contribution in [1.82, 2.24) is 4.98 Å². The molecule has 8 heteroatoms. The average Bonchev–Trinajstić information content (AvgIpc) is 2.83. The van der Waals surface area contributed by atoms with E-state index in [0.29, 0.717) is 10.6 Å². The van der Waals surface area contributed by atoms with Crippen LogP contribution in [0.2, 0.25) is 0 Å². The highest BCUT2D eigenvalue weighted by Crippen LogP contribution is 2.28. The second-order valence-electron chi connectivity index (χ2n) is 5.36. The molecule has 0 saturated carbocycles. The number of para-hydroxylation sites is 1. The topological polar surface area (TPSA) is 79.4 Å². The summed E-state index contributed by atoms with van der Waals surface area (Å²) in [5.74, 6) is -0.287. The van der Waals surface area contributed by atoms with Crippen molar-refractivity contribution in [3.63, 3.8) is 0 Å². The Balaban J connectivity index is 2.33. The molecule has 1 amide bonds. The van der Waals surface area contributed by atoms with Gasteiger partial charge in [0.05, 0.1) is 11.9 Å². The monoisotopic (exact) mass is 353 g/mol. The SMILES string of the molecule is Cc1cccc(C)c1NC(=O)c1sc(N(C)S(C)(=O)=O)nc1C. The van der Waals surface area contributed by atoms with E-state index in [1.807, 2.05) is 32.0 Å². The van der Waals surface area contributed by atoms with Gasteiger partial charge in [-0.25, -0.2) is 17.7 Å². The highest BCUT2D eigenvalue weighted by Gasteiger charge is 2.22. The number of carbonyl (C=O) groups is 1. The van der Waals surface area contributed by atoms with Gasteiger partial charge < -0.3 is 5.32 Å². The Morgan fingerprint density at radius 2 is 1.78 bits per heavy atom. The van der Waals surface area contributed by atoms with Crippen LogP contribution in [0.4, 0.5) is 10.8 Å². The zero-order chi connectivity index (χ0) is 17.4. The molecule has 0 unspecified atom stereocenters. The fourth-order valence-electron chi connectivity index (χ4n) is 2.05. The van der Waals surface area contributed by atoms with Gasteiger partial charge in [0, 0.05) is 12.7 Å². The molecule has 0 bridgehead atoms. The number of thiazole rings is 1. The first-order chi connectivity index (χ1) is 10.6. The molecule has 23 heavy (non-hydrogen) atoms. The van der Waals surface area contributed by atoms with Gasteiger partial charge in [-0.3, -0.25) is 4.79 Å². The van der Waals surface area contributed by atoms with E-state index in [9.17, 15) is 13.2 Å². The smallest absolute Gasteiger partial charge is 0.267 e. The van der Waals surface area contributed by atoms with Crippen molar-refractivity contribution < 1.29 is 13.2 Å². The van der Waals surface area contributed by atoms with Crippen LogP contribution < -0.4 is 9.62 Å². The normalized spacial score (nSPS) is 11.3. The van der Waals surface area contributed by atoms with E-state index in [4.69, 9.17) is 0 Å². The average molecular weight is 353 g/mol. The van der Waals surface area contributed by atoms with Gasteiger partial charge in [0.2, 0.25) is 10.0 Å². The number of sulfonamides is 1. The summed E-state index contributed by atoms with van der Waals surface area (Å²) in [4.78, 5) is 17.1. The second kappa shape index (κ2) is 6.29. The Hall–Kier alpha value is -1.93. The number of nitrogens with one attached hydrogen (secondary N) is 1. The molecular formula is C15H19N3O3S2. The molecule has 124 valence electrons. The van der Waals surface area contributed by atoms with Crippen molar-refractivity contribution >= 4 is 38.1 Å². The van der Waals surface area contributed by atoms with Gasteiger partial charge in [0.1, 0.15) is 4.88 Å². The maximum absolute atomic E-state index is 12.5. The first-order valence-corrected chi connectivity index (χ1v) is 9.56. The van der Waals surface area contributed by atoms with Crippen LogP contribution in [0, 0.1) is 20.8 Å². The number of hydrogen-bond donors (Lipinski definition) is 1. The third kappa shape index (κ3) is 3.70. The van der Waals surface area contributed by atoms with Crippen LogP contribution in [0.3, 0.4) is 0 Å². The molecule has 0 radical (unpaired) electrons. The number of hydrogen-bond acceptors (Lipinski definition) is 5. The van der Waals surface area contributed by atoms with E-state index >= 15 is 0 Å². The van der Waals surface area contributed by atoms with Gasteiger partial charge in [0.15, 0.2) is 5.13 Å². The van der Waals surface area contributed by atoms with Gasteiger partial charge >= 0.3 is 0 Å². The van der Waals surface area contributed by atoms with Crippen molar-refractivity contribution in [1.29, 1.82) is 0 Å². The molecule has 6 nitrogen and oxygen atoms in total. The van der Waals surface area contributed by atoms with Gasteiger partial charge in [-0.15, -0.1) is 0 Å². The minimum Gasteiger partial charge on any atom is -0.321 e. The second-order valence-corrected chi connectivity index (χ2v) is 8.35. The Morgan fingerprint density at radius 3 is 2.30 bits per heavy atom. The summed E-state index contributed by atoms with van der Waals surface area (Å²) in [7, 11) is -1.99. The number of nitrogens with zero attached hydrogens (tertiary/aromatic N) is 2. The maximum atomic E-state index is 12.5. The molecule has 0 aliphatic rings. The van der Waals surface area contributed by atoms with Gasteiger partial charge in [-0.05, 0) is 31.9 Å². The van der Waals surface area contributed by atoms with Gasteiger partial charge in [-0.1, -0.05) is 29.5 Å². The molecule has 0 spiro atoms. The lowest BCUT2D eigenvalue weighted by molar-refractivity contribution is 0.102. The number of anilines is 2. The van der Waals surface area contributed by atoms with E-state index in [1.54, 1.807) is 6.92 Å². The first kappa shape index (κ1) is 17.4. The fraction of sp³-hybridized carbons (Fsp3) is 0.333. The number of amides is 1. The summed E-state index contributed by atoms with van der Waals surface area (Å²) in [6.45, 7) is 5.53. The van der Waals surface area contributed by atoms with E-state index in [1.165, 1.54) is 7.05 Å². The summed E-state index contributed by atoms with van der Waals surface area (Å²) in [6, 6.07) is 5.77. The van der Waals surface area contributed by atoms with Crippen LogP contribution >= 0.6 is 11.3 Å². The highest BCUT2D eigenvalue weighted by molar-refractivity contribution is 7.92. The lowest BCUT2D eigenvalue weighted by Gasteiger charge is -2.12. The predicted octanol–water partition coefficient (Wildman–Crippen LogP) is 2.72. The largest absolute Gasteiger partial charge is 0.321 e. The Morgan fingerprint density at radius 1 is 1.22 bits per heavy atom. The van der Waals surface area contributed by atoms with Crippen LogP contribution in [0.1, 0.15) is 26.5 Å². The number of carbonyl (C=O) groups excluding carboxylic acids is 1. The summed E-state index contributed by atoms with van der Waals surface area (Å²) in [5.41, 5.74) is 3.20. The zero-order valence-electron chi connectivity index (χ0n) is 13.7. The molecule has 0 aliphatic carbocycles. The van der Waals surface area contributed by atoms with E-state index in [-0.39, 0.29) is 11.0 Å². The maximum Gasteiger partial charge on any atom is 0.267 e. The van der Waals surface area contributed by atoms with Crippen LogP contribution in [0.25, 0.3) is 0 Å². The van der Waals surface area contributed by atoms with E-state index in [2.05, 4.69) is 10.3 Å². The van der Waals surface area contributed by atoms with Crippen molar-refractivity contribution in [3.8, 4) is 0 Å². The molecule has 0 aliphatic heterocycles. The molecule has 0 saturated heterocycles. The molecule has 1 aromatic heterocycles. The predicted molar refractivity (Wildman–Crippen MR) is 94.0 cm³/mol. The fourth-order valence-corrected chi connectivity index (χ4v) is 3.72. The summed E-state index contributed by atoms with van der Waals surface area (Å²) in [6.07, 6.45) is 1.10. The van der Waals surface area contributed by atoms with Crippen LogP contribution in [-0.2, 0) is 10.0 Å². The molecule has 2 rings (SSSR count). The zero-order valence-corrected chi connectivity index (χ0v) is 15.3. The van der Waals surface area contributed by atoms with Gasteiger partial charge in [0.25, 0.3) is 5.91 Å². The number of aryl methyl sites for hydroxylation is 3. The third-order valence-corrected chi connectivity index (χ3v) is 5.99. The van der Waals surface area contributed by atoms with Crippen LogP contribution in [0.5, 0.6) is 0 Å². The molecule has 0 atom stereocenters. The Labute approximate surface area is 140 Å². The number of benzene rings is 1. The van der Waals surface area contributed by atoms with Crippen molar-refractivity contribution in [2.24, 2.45) is 0 Å². The molecular weight excluding hydrogens is 334 g/mol. The summed E-state index contributed by atoms with van der Waals surface area (Å²) >= 11 is 1.06. The number of aromatic nitrogens is 1. The summed E-state index contributed by atoms with van der Waals surface area (Å²) in [5, 5.41) is 3.16. The van der Waals surface area contributed by atoms with Crippen LogP contribution in [0.15, 0.2) is 18.2 Å². The molecule has 0 fully saturated rings. The lowest BCUT2D eigenvalue weighted by Crippen LogP contribution is -2.24. The molecule has 1 heterocycles. The highest BCUT2D eigenvalue weighted by atomic mass is 32.2. The van der Waals surface area contributed by atoms with E-state index in [0.717, 1.165) is 38.7 Å². The first-order valence-electron chi connectivity index (χ1n) is 6.90. The lowest BCUT2D eigenvalue weighted by atomic mass is 10.1. The van der Waals surface area contributed by atoms with Crippen molar-refractivity contribution in [2.75, 3.05) is 22.9 Å². The minimum absolute atomic E-state index is 0.275. The van der Waals surface area contributed by atoms with Gasteiger partial charge in [-0.2, -0.15) is 0 Å². The van der Waals surface area contributed by atoms with E-state index < -0.39 is 10.0 Å². The third-order valence-electron chi connectivity index (χ3n) is 3.48. The quantitative estimate of drug-likeness (QED) is 0.916. The van der Waals surface area contributed by atoms with Crippen molar-refractivity contribution in [3.05, 3.63) is 39.9 Å². The Bertz CT molecular complexity index is 837.